The zero-order valence-electron chi connectivity index (χ0n) is 16.5. The first kappa shape index (κ1) is 22.1. The first-order valence-corrected chi connectivity index (χ1v) is 12.3. The van der Waals surface area contributed by atoms with Crippen LogP contribution in [0.25, 0.3) is 22.0 Å². The molecule has 0 amide bonds. The van der Waals surface area contributed by atoms with E-state index < -0.39 is 26.9 Å². The average molecular weight is 486 g/mol. The summed E-state index contributed by atoms with van der Waals surface area (Å²) in [4.78, 5) is 40.2. The van der Waals surface area contributed by atoms with E-state index in [1.54, 1.807) is 48.5 Å². The van der Waals surface area contributed by atoms with Gasteiger partial charge in [-0.15, -0.1) is 11.3 Å². The number of fused-ring (bicyclic) bond motifs is 1. The van der Waals surface area contributed by atoms with Gasteiger partial charge in [-0.25, -0.2) is 8.42 Å². The first-order valence-electron chi connectivity index (χ1n) is 9.48. The van der Waals surface area contributed by atoms with E-state index in [9.17, 15) is 22.8 Å². The van der Waals surface area contributed by atoms with Crippen LogP contribution in [-0.4, -0.2) is 24.9 Å². The van der Waals surface area contributed by atoms with E-state index in [1.807, 2.05) is 0 Å². The molecular formula is C23H16ClNO5S2. The number of aromatic amines is 1. The van der Waals surface area contributed by atoms with E-state index in [0.717, 1.165) is 11.3 Å². The van der Waals surface area contributed by atoms with Crippen LogP contribution in [0.3, 0.4) is 0 Å². The minimum atomic E-state index is -3.74. The Morgan fingerprint density at radius 2 is 1.69 bits per heavy atom. The molecule has 4 aromatic rings. The molecule has 4 rings (SSSR count). The maximum Gasteiger partial charge on any atom is 0.249 e. The van der Waals surface area contributed by atoms with Gasteiger partial charge in [0.25, 0.3) is 0 Å². The summed E-state index contributed by atoms with van der Waals surface area (Å²) < 4.78 is 25.1. The lowest BCUT2D eigenvalue weighted by Gasteiger charge is -2.04. The molecule has 0 unspecified atom stereocenters. The van der Waals surface area contributed by atoms with Gasteiger partial charge in [-0.2, -0.15) is 0 Å². The number of hydrogen-bond donors (Lipinski definition) is 1. The van der Waals surface area contributed by atoms with Crippen LogP contribution in [0, 0.1) is 0 Å². The van der Waals surface area contributed by atoms with Gasteiger partial charge in [0.1, 0.15) is 9.96 Å². The predicted octanol–water partition coefficient (Wildman–Crippen LogP) is 3.86. The van der Waals surface area contributed by atoms with E-state index in [-0.39, 0.29) is 21.6 Å². The molecule has 2 aromatic heterocycles. The van der Waals surface area contributed by atoms with Gasteiger partial charge in [-0.05, 0) is 35.4 Å². The van der Waals surface area contributed by atoms with Gasteiger partial charge >= 0.3 is 0 Å². The second-order valence-electron chi connectivity index (χ2n) is 7.15. The number of benzene rings is 2. The molecule has 0 saturated carbocycles. The third kappa shape index (κ3) is 4.72. The van der Waals surface area contributed by atoms with Crippen molar-refractivity contribution in [2.45, 2.75) is 10.6 Å². The van der Waals surface area contributed by atoms with Gasteiger partial charge < -0.3 is 4.98 Å². The Morgan fingerprint density at radius 1 is 0.969 bits per heavy atom. The van der Waals surface area contributed by atoms with Crippen molar-refractivity contribution in [2.75, 3.05) is 5.75 Å². The van der Waals surface area contributed by atoms with Crippen LogP contribution in [0.1, 0.15) is 5.56 Å². The summed E-state index contributed by atoms with van der Waals surface area (Å²) in [7, 11) is -3.74. The van der Waals surface area contributed by atoms with Crippen LogP contribution < -0.4 is 11.0 Å². The van der Waals surface area contributed by atoms with Crippen molar-refractivity contribution in [2.24, 2.45) is 0 Å². The highest BCUT2D eigenvalue weighted by Gasteiger charge is 2.21. The number of carbonyl (C=O) groups is 1. The molecule has 2 heterocycles. The smallest absolute Gasteiger partial charge is 0.249 e. The lowest BCUT2D eigenvalue weighted by Crippen LogP contribution is -2.17. The van der Waals surface area contributed by atoms with Crippen molar-refractivity contribution in [3.63, 3.8) is 0 Å². The van der Waals surface area contributed by atoms with Crippen molar-refractivity contribution in [3.05, 3.63) is 97.2 Å². The molecule has 32 heavy (non-hydrogen) atoms. The Kier molecular flexibility index (Phi) is 6.10. The highest BCUT2D eigenvalue weighted by molar-refractivity contribution is 7.94. The molecule has 162 valence electrons. The number of Topliss-reactive ketones (excluding diaryl/α,β-unsaturated/α-hetero) is 1. The van der Waals surface area contributed by atoms with Crippen molar-refractivity contribution in [1.29, 1.82) is 0 Å². The molecule has 0 aliphatic heterocycles. The number of nitrogens with one attached hydrogen (secondary N) is 1. The van der Waals surface area contributed by atoms with Gasteiger partial charge in [-0.3, -0.25) is 14.4 Å². The van der Waals surface area contributed by atoms with Crippen molar-refractivity contribution >= 4 is 49.5 Å². The van der Waals surface area contributed by atoms with Crippen LogP contribution in [0.2, 0.25) is 4.34 Å². The van der Waals surface area contributed by atoms with Gasteiger partial charge in [-0.1, -0.05) is 48.0 Å². The standard InChI is InChI=1S/C23H16ClNO5S2/c24-20-9-10-22(31-20)32(29,30)13-16(26)11-14-5-7-15(8-6-14)18-12-21(27)25-19-4-2-1-3-17(19)23(18)28/h1-10,12H,11,13H2,(H,25,27). The highest BCUT2D eigenvalue weighted by Crippen LogP contribution is 2.26. The fourth-order valence-corrected chi connectivity index (χ4v) is 6.16. The summed E-state index contributed by atoms with van der Waals surface area (Å²) in [5.74, 6) is -1.08. The molecular weight excluding hydrogens is 470 g/mol. The molecule has 2 aromatic carbocycles. The van der Waals surface area contributed by atoms with Crippen molar-refractivity contribution in [1.82, 2.24) is 4.98 Å². The maximum absolute atomic E-state index is 12.9. The van der Waals surface area contributed by atoms with E-state index in [0.29, 0.717) is 26.4 Å². The molecule has 0 radical (unpaired) electrons. The highest BCUT2D eigenvalue weighted by atomic mass is 35.5. The van der Waals surface area contributed by atoms with E-state index >= 15 is 0 Å². The molecule has 0 saturated heterocycles. The summed E-state index contributed by atoms with van der Waals surface area (Å²) in [6.07, 6.45) is -0.0745. The van der Waals surface area contributed by atoms with Crippen LogP contribution in [0.5, 0.6) is 0 Å². The number of thiophene rings is 1. The molecule has 1 N–H and O–H groups in total. The normalized spacial score (nSPS) is 11.5. The number of halogens is 1. The molecule has 9 heteroatoms. The molecule has 0 bridgehead atoms. The van der Waals surface area contributed by atoms with Crippen molar-refractivity contribution in [3.8, 4) is 11.1 Å². The van der Waals surface area contributed by atoms with Crippen LogP contribution in [0.15, 0.2) is 80.5 Å². The minimum Gasteiger partial charge on any atom is -0.322 e. The van der Waals surface area contributed by atoms with E-state index in [1.165, 1.54) is 18.2 Å². The first-order chi connectivity index (χ1) is 15.2. The Hall–Kier alpha value is -3.07. The summed E-state index contributed by atoms with van der Waals surface area (Å²) in [6, 6.07) is 17.4. The van der Waals surface area contributed by atoms with Gasteiger partial charge in [0, 0.05) is 23.4 Å². The largest absolute Gasteiger partial charge is 0.322 e. The fourth-order valence-electron chi connectivity index (χ4n) is 3.34. The van der Waals surface area contributed by atoms with Gasteiger partial charge in [0.05, 0.1) is 9.85 Å². The minimum absolute atomic E-state index is 0.0589. The molecule has 0 spiro atoms. The second-order valence-corrected chi connectivity index (χ2v) is 11.1. The number of ketones is 1. The molecule has 0 fully saturated rings. The monoisotopic (exact) mass is 485 g/mol. The molecule has 6 nitrogen and oxygen atoms in total. The Balaban J connectivity index is 1.58. The molecule has 0 aliphatic carbocycles. The fraction of sp³-hybridized carbons (Fsp3) is 0.0870. The quantitative estimate of drug-likeness (QED) is 0.447. The van der Waals surface area contributed by atoms with E-state index in [4.69, 9.17) is 11.6 Å². The molecule has 0 aliphatic rings. The van der Waals surface area contributed by atoms with Crippen LogP contribution >= 0.6 is 22.9 Å². The summed E-state index contributed by atoms with van der Waals surface area (Å²) in [5.41, 5.74) is 1.12. The lowest BCUT2D eigenvalue weighted by atomic mass is 10.0. The summed E-state index contributed by atoms with van der Waals surface area (Å²) in [5, 5.41) is 0.391. The number of aromatic nitrogens is 1. The Morgan fingerprint density at radius 3 is 2.38 bits per heavy atom. The zero-order chi connectivity index (χ0) is 22.9. The molecule has 0 atom stereocenters. The van der Waals surface area contributed by atoms with Gasteiger partial charge in [0.2, 0.25) is 5.56 Å². The third-order valence-corrected chi connectivity index (χ3v) is 8.31. The Labute approximate surface area is 192 Å². The lowest BCUT2D eigenvalue weighted by molar-refractivity contribution is -0.116. The summed E-state index contributed by atoms with van der Waals surface area (Å²) >= 11 is 6.70. The SMILES string of the molecule is O=C(Cc1ccc(-c2cc(=O)[nH]c3ccccc3c2=O)cc1)CS(=O)(=O)c1ccc(Cl)s1. The zero-order valence-corrected chi connectivity index (χ0v) is 18.9. The topological polar surface area (TPSA) is 101 Å². The van der Waals surface area contributed by atoms with E-state index in [2.05, 4.69) is 4.98 Å². The van der Waals surface area contributed by atoms with Gasteiger partial charge in [0.15, 0.2) is 21.0 Å². The third-order valence-electron chi connectivity index (χ3n) is 4.82. The number of rotatable bonds is 6. The van der Waals surface area contributed by atoms with Crippen LogP contribution in [-0.2, 0) is 21.1 Å². The van der Waals surface area contributed by atoms with Crippen LogP contribution in [0.4, 0.5) is 0 Å². The second kappa shape index (κ2) is 8.82. The number of sulfone groups is 1. The number of para-hydroxylation sites is 1. The van der Waals surface area contributed by atoms with Crippen molar-refractivity contribution < 1.29 is 13.2 Å². The number of H-pyrrole nitrogens is 1. The average Bonchev–Trinajstić information content (AvgIpc) is 3.14. The number of hydrogen-bond acceptors (Lipinski definition) is 6. The predicted molar refractivity (Wildman–Crippen MR) is 126 cm³/mol. The maximum atomic E-state index is 12.9. The Bertz CT molecular complexity index is 1550. The number of carbonyl (C=O) groups excluding carboxylic acids is 1. The summed E-state index contributed by atoms with van der Waals surface area (Å²) in [6.45, 7) is 0.